The molecule has 2 amide bonds. The van der Waals surface area contributed by atoms with Crippen LogP contribution in [0.25, 0.3) is 0 Å². The summed E-state index contributed by atoms with van der Waals surface area (Å²) in [5.74, 6) is 0.353. The van der Waals surface area contributed by atoms with Crippen LogP contribution in [-0.2, 0) is 0 Å². The topological polar surface area (TPSA) is 58.7 Å². The van der Waals surface area contributed by atoms with E-state index in [1.807, 2.05) is 31.2 Å². The molecule has 0 bridgehead atoms. The highest BCUT2D eigenvalue weighted by atomic mass is 16.2. The second-order valence-electron chi connectivity index (χ2n) is 4.02. The maximum Gasteiger partial charge on any atom is 0.346 e. The molecule has 17 heavy (non-hydrogen) atoms. The first-order valence-corrected chi connectivity index (χ1v) is 5.46. The number of aliphatic imine (C=N–C) groups is 1. The average molecular weight is 229 g/mol. The van der Waals surface area contributed by atoms with Crippen LogP contribution in [0.1, 0.15) is 17.2 Å². The number of rotatable bonds is 3. The Morgan fingerprint density at radius 2 is 2.24 bits per heavy atom. The molecule has 1 aliphatic rings. The first-order valence-electron chi connectivity index (χ1n) is 5.46. The van der Waals surface area contributed by atoms with Gasteiger partial charge in [0.25, 0.3) is 0 Å². The fourth-order valence-corrected chi connectivity index (χ4v) is 2.05. The van der Waals surface area contributed by atoms with Gasteiger partial charge in [-0.2, -0.15) is 4.99 Å². The van der Waals surface area contributed by atoms with Gasteiger partial charge in [0.2, 0.25) is 0 Å². The maximum atomic E-state index is 11.7. The molecule has 1 aliphatic heterocycles. The normalized spacial score (nSPS) is 19.4. The van der Waals surface area contributed by atoms with Gasteiger partial charge in [0.15, 0.2) is 0 Å². The lowest BCUT2D eigenvalue weighted by Gasteiger charge is -2.24. The molecule has 4 nitrogen and oxygen atoms in total. The Kier molecular flexibility index (Phi) is 2.95. The average Bonchev–Trinajstić information content (AvgIpc) is 2.56. The molecule has 1 aromatic rings. The highest BCUT2D eigenvalue weighted by molar-refractivity contribution is 6.03. The van der Waals surface area contributed by atoms with Crippen molar-refractivity contribution in [1.29, 1.82) is 0 Å². The first kappa shape index (κ1) is 11.4. The third kappa shape index (κ3) is 1.93. The molecule has 2 N–H and O–H groups in total. The zero-order chi connectivity index (χ0) is 12.4. The quantitative estimate of drug-likeness (QED) is 0.806. The smallest absolute Gasteiger partial charge is 0.346 e. The maximum absolute atomic E-state index is 11.7. The Morgan fingerprint density at radius 1 is 1.53 bits per heavy atom. The Balaban J connectivity index is 2.42. The molecule has 0 saturated heterocycles. The van der Waals surface area contributed by atoms with Crippen molar-refractivity contribution in [1.82, 2.24) is 4.90 Å². The molecule has 0 aliphatic carbocycles. The molecule has 1 atom stereocenters. The van der Waals surface area contributed by atoms with Gasteiger partial charge < -0.3 is 10.6 Å². The molecule has 1 unspecified atom stereocenters. The van der Waals surface area contributed by atoms with E-state index in [1.165, 1.54) is 0 Å². The molecule has 2 rings (SSSR count). The fraction of sp³-hybridized carbons (Fsp3) is 0.231. The Bertz CT molecular complexity index is 493. The lowest BCUT2D eigenvalue weighted by molar-refractivity contribution is 0.212. The minimum atomic E-state index is -0.296. The van der Waals surface area contributed by atoms with E-state index in [2.05, 4.69) is 11.6 Å². The fourth-order valence-electron chi connectivity index (χ4n) is 2.05. The third-order valence-corrected chi connectivity index (χ3v) is 2.87. The van der Waals surface area contributed by atoms with Gasteiger partial charge in [-0.15, -0.1) is 6.58 Å². The molecular formula is C13H15N3O. The number of hydrogen-bond donors (Lipinski definition) is 1. The zero-order valence-electron chi connectivity index (χ0n) is 9.76. The lowest BCUT2D eigenvalue weighted by atomic mass is 10.00. The van der Waals surface area contributed by atoms with Crippen molar-refractivity contribution in [3.05, 3.63) is 48.0 Å². The number of benzene rings is 1. The predicted octanol–water partition coefficient (Wildman–Crippen LogP) is 2.01. The Hall–Kier alpha value is -2.10. The van der Waals surface area contributed by atoms with Crippen LogP contribution in [-0.4, -0.2) is 23.3 Å². The summed E-state index contributed by atoms with van der Waals surface area (Å²) in [5, 5.41) is 0. The molecule has 4 heteroatoms. The molecule has 0 aromatic heterocycles. The van der Waals surface area contributed by atoms with Crippen molar-refractivity contribution in [3.63, 3.8) is 0 Å². The van der Waals surface area contributed by atoms with Crippen LogP contribution >= 0.6 is 0 Å². The van der Waals surface area contributed by atoms with Crippen molar-refractivity contribution >= 4 is 11.9 Å². The summed E-state index contributed by atoms with van der Waals surface area (Å²) in [6, 6.07) is 7.30. The van der Waals surface area contributed by atoms with Crippen LogP contribution in [0.15, 0.2) is 41.9 Å². The largest absolute Gasteiger partial charge is 0.385 e. The number of nitrogens with two attached hydrogens (primary N) is 1. The van der Waals surface area contributed by atoms with Crippen molar-refractivity contribution in [2.75, 3.05) is 6.54 Å². The second kappa shape index (κ2) is 4.41. The van der Waals surface area contributed by atoms with Gasteiger partial charge in [-0.05, 0) is 18.1 Å². The predicted molar refractivity (Wildman–Crippen MR) is 67.8 cm³/mol. The highest BCUT2D eigenvalue weighted by Crippen LogP contribution is 2.28. The van der Waals surface area contributed by atoms with Gasteiger partial charge >= 0.3 is 6.03 Å². The summed E-state index contributed by atoms with van der Waals surface area (Å²) in [6.45, 7) is 6.09. The number of nitrogens with zero attached hydrogens (tertiary/aromatic N) is 2. The number of carbonyl (C=O) groups excluding carboxylic acids is 1. The number of amides is 2. The summed E-state index contributed by atoms with van der Waals surface area (Å²) in [7, 11) is 0. The summed E-state index contributed by atoms with van der Waals surface area (Å²) >= 11 is 0. The van der Waals surface area contributed by atoms with Crippen LogP contribution in [0.3, 0.4) is 0 Å². The van der Waals surface area contributed by atoms with Gasteiger partial charge in [-0.1, -0.05) is 30.3 Å². The first-order chi connectivity index (χ1) is 8.15. The Morgan fingerprint density at radius 3 is 2.88 bits per heavy atom. The van der Waals surface area contributed by atoms with Crippen molar-refractivity contribution in [2.45, 2.75) is 13.0 Å². The Labute approximate surface area is 100 Å². The van der Waals surface area contributed by atoms with Crippen molar-refractivity contribution in [2.24, 2.45) is 10.7 Å². The van der Waals surface area contributed by atoms with E-state index < -0.39 is 0 Å². The van der Waals surface area contributed by atoms with Gasteiger partial charge in [0, 0.05) is 6.54 Å². The molecule has 0 spiro atoms. The van der Waals surface area contributed by atoms with E-state index in [1.54, 1.807) is 11.0 Å². The van der Waals surface area contributed by atoms with E-state index >= 15 is 0 Å². The van der Waals surface area contributed by atoms with Gasteiger partial charge in [-0.25, -0.2) is 4.79 Å². The molecule has 1 heterocycles. The van der Waals surface area contributed by atoms with E-state index in [0.29, 0.717) is 12.4 Å². The summed E-state index contributed by atoms with van der Waals surface area (Å²) < 4.78 is 0. The van der Waals surface area contributed by atoms with Crippen LogP contribution in [0, 0.1) is 6.92 Å². The van der Waals surface area contributed by atoms with Crippen LogP contribution in [0.5, 0.6) is 0 Å². The molecule has 88 valence electrons. The molecule has 1 aromatic carbocycles. The van der Waals surface area contributed by atoms with Crippen LogP contribution < -0.4 is 5.73 Å². The molecule has 0 saturated carbocycles. The highest BCUT2D eigenvalue weighted by Gasteiger charge is 2.34. The third-order valence-electron chi connectivity index (χ3n) is 2.87. The summed E-state index contributed by atoms with van der Waals surface area (Å²) in [4.78, 5) is 17.1. The minimum Gasteiger partial charge on any atom is -0.385 e. The van der Waals surface area contributed by atoms with Gasteiger partial charge in [-0.3, -0.25) is 0 Å². The zero-order valence-corrected chi connectivity index (χ0v) is 9.76. The van der Waals surface area contributed by atoms with Crippen LogP contribution in [0.2, 0.25) is 0 Å². The SMILES string of the molecule is C=CCN1C(=O)N=C(N)C1c1ccccc1C. The monoisotopic (exact) mass is 229 g/mol. The van der Waals surface area contributed by atoms with Gasteiger partial charge in [0.05, 0.1) is 0 Å². The summed E-state index contributed by atoms with van der Waals surface area (Å²) in [5.41, 5.74) is 7.96. The van der Waals surface area contributed by atoms with Crippen LogP contribution in [0.4, 0.5) is 4.79 Å². The minimum absolute atomic E-state index is 0.262. The van der Waals surface area contributed by atoms with E-state index in [9.17, 15) is 4.79 Å². The summed E-state index contributed by atoms with van der Waals surface area (Å²) in [6.07, 6.45) is 1.68. The molecule has 0 radical (unpaired) electrons. The molecule has 0 fully saturated rings. The lowest BCUT2D eigenvalue weighted by Crippen LogP contribution is -2.33. The second-order valence-corrected chi connectivity index (χ2v) is 4.02. The van der Waals surface area contributed by atoms with Crippen molar-refractivity contribution in [3.8, 4) is 0 Å². The number of amidine groups is 1. The van der Waals surface area contributed by atoms with Crippen molar-refractivity contribution < 1.29 is 4.79 Å². The van der Waals surface area contributed by atoms with E-state index in [4.69, 9.17) is 5.73 Å². The number of aryl methyl sites for hydroxylation is 1. The van der Waals surface area contributed by atoms with E-state index in [0.717, 1.165) is 11.1 Å². The number of urea groups is 1. The number of carbonyl (C=O) groups is 1. The standard InChI is InChI=1S/C13H15N3O/c1-3-8-16-11(12(14)15-13(16)17)10-7-5-4-6-9(10)2/h3-7,11H,1,8H2,2H3,(H2,14,15,17). The van der Waals surface area contributed by atoms with E-state index in [-0.39, 0.29) is 12.1 Å². The molecular weight excluding hydrogens is 214 g/mol. The van der Waals surface area contributed by atoms with Gasteiger partial charge in [0.1, 0.15) is 11.9 Å². The number of hydrogen-bond acceptors (Lipinski definition) is 2.